The van der Waals surface area contributed by atoms with Crippen LogP contribution in [-0.2, 0) is 13.0 Å². The van der Waals surface area contributed by atoms with E-state index in [9.17, 15) is 9.59 Å². The molecule has 0 unspecified atom stereocenters. The van der Waals surface area contributed by atoms with Gasteiger partial charge in [-0.2, -0.15) is 4.98 Å². The van der Waals surface area contributed by atoms with Gasteiger partial charge in [0.15, 0.2) is 5.65 Å². The van der Waals surface area contributed by atoms with E-state index >= 15 is 0 Å². The molecule has 4 heterocycles. The number of rotatable bonds is 6. The number of furan rings is 1. The SMILES string of the molecule is O=c1[nH]c2nc(NCCc3cccs3)ncc2c(=O)n1Cc1ccco1. The van der Waals surface area contributed by atoms with Crippen LogP contribution >= 0.6 is 11.3 Å². The third kappa shape index (κ3) is 3.29. The van der Waals surface area contributed by atoms with Crippen LogP contribution in [0.25, 0.3) is 11.0 Å². The Morgan fingerprint density at radius 1 is 1.27 bits per heavy atom. The second-order valence-corrected chi connectivity index (χ2v) is 6.65. The predicted molar refractivity (Wildman–Crippen MR) is 98.7 cm³/mol. The lowest BCUT2D eigenvalue weighted by Gasteiger charge is -2.07. The number of nitrogens with one attached hydrogen (secondary N) is 2. The van der Waals surface area contributed by atoms with E-state index in [0.29, 0.717) is 18.3 Å². The molecule has 0 fully saturated rings. The Kier molecular flexibility index (Phi) is 4.36. The molecule has 4 aromatic rings. The van der Waals surface area contributed by atoms with Gasteiger partial charge in [0.2, 0.25) is 5.95 Å². The van der Waals surface area contributed by atoms with Crippen molar-refractivity contribution >= 4 is 28.3 Å². The van der Waals surface area contributed by atoms with Crippen molar-refractivity contribution in [1.82, 2.24) is 19.5 Å². The van der Waals surface area contributed by atoms with Gasteiger partial charge >= 0.3 is 5.69 Å². The average molecular weight is 369 g/mol. The van der Waals surface area contributed by atoms with E-state index in [1.54, 1.807) is 23.5 Å². The first kappa shape index (κ1) is 16.3. The first-order chi connectivity index (χ1) is 12.7. The number of H-pyrrole nitrogens is 1. The van der Waals surface area contributed by atoms with Crippen molar-refractivity contribution in [1.29, 1.82) is 0 Å². The summed E-state index contributed by atoms with van der Waals surface area (Å²) in [5.74, 6) is 0.887. The zero-order valence-corrected chi connectivity index (χ0v) is 14.5. The molecule has 4 rings (SSSR count). The van der Waals surface area contributed by atoms with Crippen LogP contribution in [0, 0.1) is 0 Å². The topological polar surface area (TPSA) is 106 Å². The maximum absolute atomic E-state index is 12.6. The second-order valence-electron chi connectivity index (χ2n) is 5.61. The first-order valence-electron chi connectivity index (χ1n) is 7.99. The molecule has 4 aromatic heterocycles. The third-order valence-electron chi connectivity index (χ3n) is 3.86. The summed E-state index contributed by atoms with van der Waals surface area (Å²) in [6, 6.07) is 7.47. The smallest absolute Gasteiger partial charge is 0.330 e. The number of fused-ring (bicyclic) bond motifs is 1. The quantitative estimate of drug-likeness (QED) is 0.537. The van der Waals surface area contributed by atoms with Crippen molar-refractivity contribution in [3.63, 3.8) is 0 Å². The normalized spacial score (nSPS) is 11.1. The van der Waals surface area contributed by atoms with Gasteiger partial charge in [-0.3, -0.25) is 14.3 Å². The molecule has 0 saturated heterocycles. The number of nitrogens with zero attached hydrogens (tertiary/aromatic N) is 3. The zero-order chi connectivity index (χ0) is 17.9. The molecule has 0 bridgehead atoms. The number of hydrogen-bond donors (Lipinski definition) is 2. The molecule has 0 aliphatic heterocycles. The third-order valence-corrected chi connectivity index (χ3v) is 4.80. The van der Waals surface area contributed by atoms with Crippen molar-refractivity contribution < 1.29 is 4.42 Å². The van der Waals surface area contributed by atoms with Gasteiger partial charge in [-0.15, -0.1) is 11.3 Å². The molecule has 2 N–H and O–H groups in total. The molecule has 0 radical (unpaired) electrons. The Bertz CT molecular complexity index is 1130. The van der Waals surface area contributed by atoms with E-state index in [1.165, 1.54) is 17.3 Å². The summed E-state index contributed by atoms with van der Waals surface area (Å²) in [5, 5.41) is 5.38. The number of aromatic amines is 1. The number of anilines is 1. The number of thiophene rings is 1. The lowest BCUT2D eigenvalue weighted by molar-refractivity contribution is 0.484. The zero-order valence-electron chi connectivity index (χ0n) is 13.6. The molecular weight excluding hydrogens is 354 g/mol. The fourth-order valence-electron chi connectivity index (χ4n) is 2.58. The Balaban J connectivity index is 1.58. The van der Waals surface area contributed by atoms with Gasteiger partial charge in [-0.25, -0.2) is 9.78 Å². The van der Waals surface area contributed by atoms with E-state index in [4.69, 9.17) is 4.42 Å². The standard InChI is InChI=1S/C17H15N5O3S/c23-15-13-9-19-16(18-6-5-12-4-2-8-26-12)20-14(13)21-17(24)22(15)10-11-3-1-7-25-11/h1-4,7-9H,5-6,10H2,(H2,18,19,20,21,24). The minimum atomic E-state index is -0.540. The van der Waals surface area contributed by atoms with Gasteiger partial charge in [-0.05, 0) is 30.0 Å². The molecule has 0 aromatic carbocycles. The fraction of sp³-hybridized carbons (Fsp3) is 0.176. The highest BCUT2D eigenvalue weighted by molar-refractivity contribution is 7.09. The van der Waals surface area contributed by atoms with Crippen LogP contribution < -0.4 is 16.6 Å². The van der Waals surface area contributed by atoms with Crippen LogP contribution in [0.2, 0.25) is 0 Å². The van der Waals surface area contributed by atoms with Crippen LogP contribution in [0.4, 0.5) is 5.95 Å². The molecule has 9 heteroatoms. The van der Waals surface area contributed by atoms with E-state index in [2.05, 4.69) is 26.3 Å². The van der Waals surface area contributed by atoms with Crippen LogP contribution in [0.5, 0.6) is 0 Å². The number of aromatic nitrogens is 4. The van der Waals surface area contributed by atoms with E-state index in [1.807, 2.05) is 11.4 Å². The predicted octanol–water partition coefficient (Wildman–Crippen LogP) is 1.84. The molecule has 0 atom stereocenters. The van der Waals surface area contributed by atoms with Gasteiger partial charge < -0.3 is 9.73 Å². The molecule has 0 saturated carbocycles. The van der Waals surface area contributed by atoms with Crippen molar-refractivity contribution in [2.75, 3.05) is 11.9 Å². The minimum Gasteiger partial charge on any atom is -0.467 e. The molecule has 0 aliphatic carbocycles. The highest BCUT2D eigenvalue weighted by atomic mass is 32.1. The van der Waals surface area contributed by atoms with Crippen molar-refractivity contribution in [3.8, 4) is 0 Å². The highest BCUT2D eigenvalue weighted by Gasteiger charge is 2.11. The van der Waals surface area contributed by atoms with Gasteiger partial charge in [0.1, 0.15) is 11.1 Å². The lowest BCUT2D eigenvalue weighted by Crippen LogP contribution is -2.35. The van der Waals surface area contributed by atoms with Crippen molar-refractivity contribution in [3.05, 3.63) is 73.6 Å². The fourth-order valence-corrected chi connectivity index (χ4v) is 3.29. The summed E-state index contributed by atoms with van der Waals surface area (Å²) in [5.41, 5.74) is -0.781. The molecule has 0 aliphatic rings. The van der Waals surface area contributed by atoms with Crippen LogP contribution in [0.1, 0.15) is 10.6 Å². The lowest BCUT2D eigenvalue weighted by atomic mass is 10.3. The summed E-state index contributed by atoms with van der Waals surface area (Å²) < 4.78 is 6.26. The summed E-state index contributed by atoms with van der Waals surface area (Å²) in [6.07, 6.45) is 3.76. The molecule has 0 spiro atoms. The molecule has 26 heavy (non-hydrogen) atoms. The maximum atomic E-state index is 12.6. The van der Waals surface area contributed by atoms with Crippen LogP contribution in [-0.4, -0.2) is 26.1 Å². The summed E-state index contributed by atoms with van der Waals surface area (Å²) >= 11 is 1.69. The largest absolute Gasteiger partial charge is 0.467 e. The minimum absolute atomic E-state index is 0.0535. The Labute approximate surface area is 151 Å². The monoisotopic (exact) mass is 369 g/mol. The van der Waals surface area contributed by atoms with E-state index in [0.717, 1.165) is 11.0 Å². The Morgan fingerprint density at radius 2 is 2.19 bits per heavy atom. The Morgan fingerprint density at radius 3 is 2.96 bits per heavy atom. The maximum Gasteiger partial charge on any atom is 0.330 e. The van der Waals surface area contributed by atoms with Crippen molar-refractivity contribution in [2.45, 2.75) is 13.0 Å². The average Bonchev–Trinajstić information content (AvgIpc) is 3.32. The van der Waals surface area contributed by atoms with Gasteiger partial charge in [-0.1, -0.05) is 6.07 Å². The summed E-state index contributed by atoms with van der Waals surface area (Å²) in [6.45, 7) is 0.712. The molecule has 8 nitrogen and oxygen atoms in total. The molecule has 132 valence electrons. The highest BCUT2D eigenvalue weighted by Crippen LogP contribution is 2.10. The van der Waals surface area contributed by atoms with E-state index in [-0.39, 0.29) is 17.6 Å². The second kappa shape index (κ2) is 6.96. The van der Waals surface area contributed by atoms with E-state index < -0.39 is 11.2 Å². The van der Waals surface area contributed by atoms with Crippen LogP contribution in [0.15, 0.2) is 56.1 Å². The van der Waals surface area contributed by atoms with Gasteiger partial charge in [0.05, 0.1) is 12.8 Å². The number of hydrogen-bond acceptors (Lipinski definition) is 7. The summed E-state index contributed by atoms with van der Waals surface area (Å²) in [7, 11) is 0. The van der Waals surface area contributed by atoms with Gasteiger partial charge in [0, 0.05) is 17.6 Å². The summed E-state index contributed by atoms with van der Waals surface area (Å²) in [4.78, 5) is 37.1. The van der Waals surface area contributed by atoms with Crippen LogP contribution in [0.3, 0.4) is 0 Å². The van der Waals surface area contributed by atoms with Gasteiger partial charge in [0.25, 0.3) is 5.56 Å². The molecule has 0 amide bonds. The Hall–Kier alpha value is -3.20. The van der Waals surface area contributed by atoms with Crippen molar-refractivity contribution in [2.24, 2.45) is 0 Å². The molecular formula is C17H15N5O3S. The first-order valence-corrected chi connectivity index (χ1v) is 8.87.